The fourth-order valence-electron chi connectivity index (χ4n) is 1.66. The molecule has 0 atom stereocenters. The molecule has 2 amide bonds. The van der Waals surface area contributed by atoms with E-state index in [0.29, 0.717) is 5.56 Å². The van der Waals surface area contributed by atoms with Crippen molar-refractivity contribution in [2.45, 2.75) is 0 Å². The van der Waals surface area contributed by atoms with Crippen molar-refractivity contribution in [3.63, 3.8) is 0 Å². The molecule has 24 heavy (non-hydrogen) atoms. The third-order valence-corrected chi connectivity index (χ3v) is 2.85. The van der Waals surface area contributed by atoms with Gasteiger partial charge in [0.2, 0.25) is 0 Å². The Balaban J connectivity index is 1.91. The van der Waals surface area contributed by atoms with Crippen LogP contribution in [0, 0.1) is 10.1 Å². The van der Waals surface area contributed by atoms with Crippen LogP contribution in [-0.4, -0.2) is 28.1 Å². The number of phenols is 1. The number of non-ortho nitro benzene ring substituents is 1. The topological polar surface area (TPSA) is 134 Å². The summed E-state index contributed by atoms with van der Waals surface area (Å²) in [5.74, 6) is -2.04. The summed E-state index contributed by atoms with van der Waals surface area (Å²) in [4.78, 5) is 33.2. The van der Waals surface area contributed by atoms with E-state index >= 15 is 0 Å². The van der Waals surface area contributed by atoms with Gasteiger partial charge >= 0.3 is 11.8 Å². The smallest absolute Gasteiger partial charge is 0.329 e. The van der Waals surface area contributed by atoms with Crippen LogP contribution in [0.5, 0.6) is 5.75 Å². The first kappa shape index (κ1) is 16.6. The molecule has 9 heteroatoms. The number of carbonyl (C=O) groups excluding carboxylic acids is 2. The van der Waals surface area contributed by atoms with Crippen LogP contribution >= 0.6 is 0 Å². The van der Waals surface area contributed by atoms with Crippen LogP contribution in [0.15, 0.2) is 53.6 Å². The molecule has 9 nitrogen and oxygen atoms in total. The minimum absolute atomic E-state index is 0.0224. The number of nitrogens with zero attached hydrogens (tertiary/aromatic N) is 2. The van der Waals surface area contributed by atoms with E-state index in [9.17, 15) is 24.8 Å². The SMILES string of the molecule is O=C(N/N=C\c1ccccc1O)C(=O)Nc1ccc([N+](=O)[O-])cc1. The van der Waals surface area contributed by atoms with E-state index in [1.165, 1.54) is 36.5 Å². The number of aromatic hydroxyl groups is 1. The molecule has 0 aliphatic rings. The van der Waals surface area contributed by atoms with Crippen LogP contribution in [-0.2, 0) is 9.59 Å². The lowest BCUT2D eigenvalue weighted by Gasteiger charge is -2.03. The third kappa shape index (κ3) is 4.37. The number of anilines is 1. The van der Waals surface area contributed by atoms with Crippen molar-refractivity contribution in [3.8, 4) is 5.75 Å². The molecule has 0 bridgehead atoms. The molecule has 0 aromatic heterocycles. The van der Waals surface area contributed by atoms with E-state index in [-0.39, 0.29) is 17.1 Å². The zero-order valence-corrected chi connectivity index (χ0v) is 12.2. The number of carbonyl (C=O) groups is 2. The van der Waals surface area contributed by atoms with E-state index in [2.05, 4.69) is 10.4 Å². The van der Waals surface area contributed by atoms with E-state index in [0.717, 1.165) is 0 Å². The molecule has 0 aliphatic heterocycles. The van der Waals surface area contributed by atoms with Crippen molar-refractivity contribution < 1.29 is 19.6 Å². The highest BCUT2D eigenvalue weighted by atomic mass is 16.6. The monoisotopic (exact) mass is 328 g/mol. The molecule has 0 saturated carbocycles. The number of phenolic OH excluding ortho intramolecular Hbond substituents is 1. The highest BCUT2D eigenvalue weighted by molar-refractivity contribution is 6.39. The van der Waals surface area contributed by atoms with Crippen molar-refractivity contribution >= 4 is 29.4 Å². The van der Waals surface area contributed by atoms with Gasteiger partial charge in [-0.15, -0.1) is 0 Å². The molecule has 0 aliphatic carbocycles. The van der Waals surface area contributed by atoms with Gasteiger partial charge < -0.3 is 10.4 Å². The van der Waals surface area contributed by atoms with Crippen LogP contribution in [0.1, 0.15) is 5.56 Å². The molecule has 0 radical (unpaired) electrons. The molecule has 3 N–H and O–H groups in total. The van der Waals surface area contributed by atoms with Gasteiger partial charge in [0.15, 0.2) is 0 Å². The number of benzene rings is 2. The predicted octanol–water partition coefficient (Wildman–Crippen LogP) is 1.39. The summed E-state index contributed by atoms with van der Waals surface area (Å²) in [5, 5.41) is 25.9. The molecule has 0 spiro atoms. The number of hydrogen-bond acceptors (Lipinski definition) is 6. The Morgan fingerprint density at radius 3 is 2.38 bits per heavy atom. The Kier molecular flexibility index (Phi) is 5.19. The first-order valence-corrected chi connectivity index (χ1v) is 6.64. The van der Waals surface area contributed by atoms with Crippen molar-refractivity contribution in [2.24, 2.45) is 5.10 Å². The van der Waals surface area contributed by atoms with Crippen molar-refractivity contribution in [2.75, 3.05) is 5.32 Å². The van der Waals surface area contributed by atoms with Crippen LogP contribution in [0.25, 0.3) is 0 Å². The Hall–Kier alpha value is -3.75. The molecule has 122 valence electrons. The summed E-state index contributed by atoms with van der Waals surface area (Å²) in [6, 6.07) is 11.3. The first-order chi connectivity index (χ1) is 11.5. The van der Waals surface area contributed by atoms with Gasteiger partial charge in [0.1, 0.15) is 5.75 Å². The average molecular weight is 328 g/mol. The number of hydrogen-bond donors (Lipinski definition) is 3. The predicted molar refractivity (Wildman–Crippen MR) is 85.6 cm³/mol. The van der Waals surface area contributed by atoms with Gasteiger partial charge in [-0.05, 0) is 24.3 Å². The van der Waals surface area contributed by atoms with Crippen LogP contribution in [0.4, 0.5) is 11.4 Å². The lowest BCUT2D eigenvalue weighted by Crippen LogP contribution is -2.32. The zero-order chi connectivity index (χ0) is 17.5. The fraction of sp³-hybridized carbons (Fsp3) is 0. The largest absolute Gasteiger partial charge is 0.507 e. The molecule has 0 fully saturated rings. The van der Waals surface area contributed by atoms with Gasteiger partial charge in [0.25, 0.3) is 5.69 Å². The summed E-state index contributed by atoms with van der Waals surface area (Å²) in [6.07, 6.45) is 1.19. The summed E-state index contributed by atoms with van der Waals surface area (Å²) in [5.41, 5.74) is 2.47. The van der Waals surface area contributed by atoms with E-state index < -0.39 is 16.7 Å². The number of rotatable bonds is 4. The highest BCUT2D eigenvalue weighted by Gasteiger charge is 2.13. The molecule has 2 aromatic carbocycles. The Bertz CT molecular complexity index is 802. The van der Waals surface area contributed by atoms with Crippen LogP contribution in [0.2, 0.25) is 0 Å². The minimum Gasteiger partial charge on any atom is -0.507 e. The number of nitro benzene ring substituents is 1. The maximum absolute atomic E-state index is 11.7. The fourth-order valence-corrected chi connectivity index (χ4v) is 1.66. The van der Waals surface area contributed by atoms with E-state index in [1.54, 1.807) is 18.2 Å². The van der Waals surface area contributed by atoms with Gasteiger partial charge in [0, 0.05) is 23.4 Å². The molecular formula is C15H12N4O5. The molecule has 2 aromatic rings. The summed E-state index contributed by atoms with van der Waals surface area (Å²) in [7, 11) is 0. The number of para-hydroxylation sites is 1. The molecule has 0 unspecified atom stereocenters. The maximum Gasteiger partial charge on any atom is 0.329 e. The third-order valence-electron chi connectivity index (χ3n) is 2.85. The second-order valence-electron chi connectivity index (χ2n) is 4.52. The molecule has 0 saturated heterocycles. The number of nitro groups is 1. The van der Waals surface area contributed by atoms with Gasteiger partial charge in [-0.2, -0.15) is 5.10 Å². The zero-order valence-electron chi connectivity index (χ0n) is 12.2. The average Bonchev–Trinajstić information content (AvgIpc) is 2.57. The van der Waals surface area contributed by atoms with E-state index in [1.807, 2.05) is 5.43 Å². The standard InChI is InChI=1S/C15H12N4O5/c20-13-4-2-1-3-10(13)9-16-18-15(22)14(21)17-11-5-7-12(8-6-11)19(23)24/h1-9,20H,(H,17,21)(H,18,22)/b16-9-. The Labute approximate surface area is 135 Å². The van der Waals surface area contributed by atoms with Gasteiger partial charge in [-0.3, -0.25) is 19.7 Å². The normalized spacial score (nSPS) is 10.3. The summed E-state index contributed by atoms with van der Waals surface area (Å²) in [6.45, 7) is 0. The quantitative estimate of drug-likeness (QED) is 0.337. The van der Waals surface area contributed by atoms with Crippen molar-refractivity contribution in [3.05, 3.63) is 64.2 Å². The van der Waals surface area contributed by atoms with E-state index in [4.69, 9.17) is 0 Å². The minimum atomic E-state index is -1.03. The van der Waals surface area contributed by atoms with Gasteiger partial charge in [-0.1, -0.05) is 12.1 Å². The molecule has 0 heterocycles. The Morgan fingerprint density at radius 2 is 1.75 bits per heavy atom. The molecule has 2 rings (SSSR count). The lowest BCUT2D eigenvalue weighted by atomic mass is 10.2. The summed E-state index contributed by atoms with van der Waals surface area (Å²) < 4.78 is 0. The highest BCUT2D eigenvalue weighted by Crippen LogP contribution is 2.15. The second-order valence-corrected chi connectivity index (χ2v) is 4.52. The number of hydrazone groups is 1. The number of amides is 2. The first-order valence-electron chi connectivity index (χ1n) is 6.64. The lowest BCUT2D eigenvalue weighted by molar-refractivity contribution is -0.384. The van der Waals surface area contributed by atoms with Crippen LogP contribution in [0.3, 0.4) is 0 Å². The van der Waals surface area contributed by atoms with Gasteiger partial charge in [-0.25, -0.2) is 5.43 Å². The van der Waals surface area contributed by atoms with Crippen molar-refractivity contribution in [1.29, 1.82) is 0 Å². The number of nitrogens with one attached hydrogen (secondary N) is 2. The Morgan fingerprint density at radius 1 is 1.08 bits per heavy atom. The second kappa shape index (κ2) is 7.49. The van der Waals surface area contributed by atoms with Gasteiger partial charge in [0.05, 0.1) is 11.1 Å². The maximum atomic E-state index is 11.7. The van der Waals surface area contributed by atoms with Crippen LogP contribution < -0.4 is 10.7 Å². The molecular weight excluding hydrogens is 316 g/mol. The summed E-state index contributed by atoms with van der Waals surface area (Å²) >= 11 is 0. The van der Waals surface area contributed by atoms with Crippen molar-refractivity contribution in [1.82, 2.24) is 5.43 Å².